The first kappa shape index (κ1) is 21.1. The number of nitrogens with zero attached hydrogens (tertiary/aromatic N) is 1. The first-order valence-corrected chi connectivity index (χ1v) is 12.1. The van der Waals surface area contributed by atoms with Crippen LogP contribution in [0.3, 0.4) is 0 Å². The van der Waals surface area contributed by atoms with Crippen LogP contribution in [-0.4, -0.2) is 18.0 Å². The van der Waals surface area contributed by atoms with Crippen molar-refractivity contribution >= 4 is 27.5 Å². The van der Waals surface area contributed by atoms with Crippen LogP contribution >= 0.6 is 11.3 Å². The Kier molecular flexibility index (Phi) is 6.86. The first-order valence-electron chi connectivity index (χ1n) is 11.2. The molecule has 1 aromatic heterocycles. The van der Waals surface area contributed by atoms with Gasteiger partial charge in [-0.3, -0.25) is 4.90 Å². The Balaban J connectivity index is 1.26. The van der Waals surface area contributed by atoms with Crippen molar-refractivity contribution in [2.24, 2.45) is 0 Å². The lowest BCUT2D eigenvalue weighted by molar-refractivity contribution is 0.252. The van der Waals surface area contributed by atoms with Crippen LogP contribution in [0, 0.1) is 0 Å². The molecule has 0 aliphatic carbocycles. The van der Waals surface area contributed by atoms with E-state index in [4.69, 9.17) is 0 Å². The van der Waals surface area contributed by atoms with Crippen LogP contribution in [0.5, 0.6) is 0 Å². The van der Waals surface area contributed by atoms with Crippen LogP contribution < -0.4 is 0 Å². The van der Waals surface area contributed by atoms with Gasteiger partial charge < -0.3 is 0 Å². The van der Waals surface area contributed by atoms with E-state index < -0.39 is 0 Å². The molecule has 30 heavy (non-hydrogen) atoms. The van der Waals surface area contributed by atoms with Crippen molar-refractivity contribution in [3.63, 3.8) is 0 Å². The minimum absolute atomic E-state index is 1.01. The summed E-state index contributed by atoms with van der Waals surface area (Å²) in [6.07, 6.45) is 9.22. The van der Waals surface area contributed by atoms with Gasteiger partial charge in [-0.1, -0.05) is 61.6 Å². The van der Waals surface area contributed by atoms with Gasteiger partial charge in [-0.15, -0.1) is 11.3 Å². The molecule has 1 aliphatic rings. The van der Waals surface area contributed by atoms with Crippen molar-refractivity contribution in [1.82, 2.24) is 4.90 Å². The molecule has 2 heteroatoms. The smallest absolute Gasteiger partial charge is 0.0349 e. The van der Waals surface area contributed by atoms with Gasteiger partial charge in [0.15, 0.2) is 0 Å². The van der Waals surface area contributed by atoms with Crippen LogP contribution in [0.4, 0.5) is 0 Å². The minimum Gasteiger partial charge on any atom is -0.298 e. The molecule has 0 fully saturated rings. The van der Waals surface area contributed by atoms with Crippen LogP contribution in [0.15, 0.2) is 61.2 Å². The molecule has 0 saturated heterocycles. The highest BCUT2D eigenvalue weighted by atomic mass is 32.1. The molecule has 0 amide bonds. The standard InChI is InChI=1S/C28H33NS/c1-4-22-13-14-27-26(19-22)25-15-17-29(20-28(25)30-27)16-9-5-6-10-23-11-7-8-12-24(23)18-21(2)3/h4,7-8,11-14,19H,1-2,5-6,9-10,15-18,20H2,3H3. The second kappa shape index (κ2) is 9.76. The monoisotopic (exact) mass is 415 g/mol. The second-order valence-corrected chi connectivity index (χ2v) is 9.84. The van der Waals surface area contributed by atoms with Crippen LogP contribution in [0.1, 0.15) is 53.3 Å². The Bertz CT molecular complexity index is 1040. The number of rotatable bonds is 9. The predicted octanol–water partition coefficient (Wildman–Crippen LogP) is 7.43. The lowest BCUT2D eigenvalue weighted by atomic mass is 9.97. The fourth-order valence-corrected chi connectivity index (χ4v) is 5.89. The van der Waals surface area contributed by atoms with Crippen molar-refractivity contribution in [3.8, 4) is 0 Å². The third-order valence-electron chi connectivity index (χ3n) is 6.21. The molecule has 0 spiro atoms. The van der Waals surface area contributed by atoms with Crippen molar-refractivity contribution in [3.05, 3.63) is 88.3 Å². The topological polar surface area (TPSA) is 3.24 Å². The number of unbranched alkanes of at least 4 members (excludes halogenated alkanes) is 2. The fourth-order valence-electron chi connectivity index (χ4n) is 4.62. The zero-order chi connectivity index (χ0) is 20.9. The van der Waals surface area contributed by atoms with E-state index in [-0.39, 0.29) is 0 Å². The number of hydrogen-bond acceptors (Lipinski definition) is 2. The van der Waals surface area contributed by atoms with Gasteiger partial charge in [-0.2, -0.15) is 0 Å². The summed E-state index contributed by atoms with van der Waals surface area (Å²) in [4.78, 5) is 4.23. The number of fused-ring (bicyclic) bond motifs is 3. The molecular formula is C28H33NS. The molecule has 1 aliphatic heterocycles. The number of hydrogen-bond donors (Lipinski definition) is 0. The Morgan fingerprint density at radius 1 is 1.10 bits per heavy atom. The molecule has 0 radical (unpaired) electrons. The number of thiophene rings is 1. The van der Waals surface area contributed by atoms with Crippen molar-refractivity contribution in [2.45, 2.75) is 52.0 Å². The number of allylic oxidation sites excluding steroid dienone is 1. The lowest BCUT2D eigenvalue weighted by Crippen LogP contribution is -2.30. The molecule has 0 atom stereocenters. The second-order valence-electron chi connectivity index (χ2n) is 8.70. The van der Waals surface area contributed by atoms with Gasteiger partial charge >= 0.3 is 0 Å². The molecular weight excluding hydrogens is 382 g/mol. The zero-order valence-corrected chi connectivity index (χ0v) is 19.1. The maximum atomic E-state index is 4.08. The van der Waals surface area contributed by atoms with E-state index in [2.05, 4.69) is 67.4 Å². The average Bonchev–Trinajstić information content (AvgIpc) is 3.11. The molecule has 4 rings (SSSR count). The molecule has 3 aromatic rings. The van der Waals surface area contributed by atoms with E-state index in [1.165, 1.54) is 77.5 Å². The van der Waals surface area contributed by atoms with Gasteiger partial charge in [0.05, 0.1) is 0 Å². The van der Waals surface area contributed by atoms with E-state index >= 15 is 0 Å². The van der Waals surface area contributed by atoms with Gasteiger partial charge in [0.2, 0.25) is 0 Å². The Labute approximate surface area is 185 Å². The molecule has 0 saturated carbocycles. The van der Waals surface area contributed by atoms with Crippen molar-refractivity contribution < 1.29 is 0 Å². The Morgan fingerprint density at radius 3 is 2.73 bits per heavy atom. The van der Waals surface area contributed by atoms with E-state index in [9.17, 15) is 0 Å². The summed E-state index contributed by atoms with van der Waals surface area (Å²) in [5, 5.41) is 1.46. The summed E-state index contributed by atoms with van der Waals surface area (Å²) in [6.45, 7) is 13.7. The molecule has 0 bridgehead atoms. The van der Waals surface area contributed by atoms with Crippen LogP contribution in [0.25, 0.3) is 16.2 Å². The lowest BCUT2D eigenvalue weighted by Gasteiger charge is -2.26. The van der Waals surface area contributed by atoms with Crippen molar-refractivity contribution in [2.75, 3.05) is 13.1 Å². The molecule has 2 aromatic carbocycles. The molecule has 1 nitrogen and oxygen atoms in total. The molecule has 0 unspecified atom stereocenters. The maximum Gasteiger partial charge on any atom is 0.0349 e. The Hall–Kier alpha value is -2.16. The predicted molar refractivity (Wildman–Crippen MR) is 133 cm³/mol. The van der Waals surface area contributed by atoms with E-state index in [1.54, 1.807) is 10.4 Å². The summed E-state index contributed by atoms with van der Waals surface area (Å²) in [6, 6.07) is 15.7. The maximum absolute atomic E-state index is 4.08. The van der Waals surface area contributed by atoms with Crippen LogP contribution in [0.2, 0.25) is 0 Å². The number of benzene rings is 2. The normalized spacial score (nSPS) is 14.0. The largest absolute Gasteiger partial charge is 0.298 e. The summed E-state index contributed by atoms with van der Waals surface area (Å²) < 4.78 is 1.43. The SMILES string of the molecule is C=Cc1ccc2sc3c(c2c1)CCN(CCCCCc1ccccc1CC(=C)C)C3. The van der Waals surface area contributed by atoms with Gasteiger partial charge in [0.25, 0.3) is 0 Å². The minimum atomic E-state index is 1.01. The van der Waals surface area contributed by atoms with Gasteiger partial charge in [-0.25, -0.2) is 0 Å². The third-order valence-corrected chi connectivity index (χ3v) is 7.41. The van der Waals surface area contributed by atoms with Gasteiger partial charge in [-0.05, 0) is 85.3 Å². The highest BCUT2D eigenvalue weighted by Gasteiger charge is 2.20. The van der Waals surface area contributed by atoms with Gasteiger partial charge in [0, 0.05) is 22.7 Å². The third kappa shape index (κ3) is 4.94. The molecule has 156 valence electrons. The summed E-state index contributed by atoms with van der Waals surface area (Å²) in [7, 11) is 0. The fraction of sp³-hybridized carbons (Fsp3) is 0.357. The van der Waals surface area contributed by atoms with E-state index in [0.717, 1.165) is 13.0 Å². The summed E-state index contributed by atoms with van der Waals surface area (Å²) in [5.41, 5.74) is 7.03. The van der Waals surface area contributed by atoms with Gasteiger partial charge in [0.1, 0.15) is 0 Å². The molecule has 2 heterocycles. The average molecular weight is 416 g/mol. The zero-order valence-electron chi connectivity index (χ0n) is 18.3. The Morgan fingerprint density at radius 2 is 1.93 bits per heavy atom. The van der Waals surface area contributed by atoms with E-state index in [0.29, 0.717) is 0 Å². The summed E-state index contributed by atoms with van der Waals surface area (Å²) >= 11 is 1.99. The van der Waals surface area contributed by atoms with Crippen molar-refractivity contribution in [1.29, 1.82) is 0 Å². The summed E-state index contributed by atoms with van der Waals surface area (Å²) in [5.74, 6) is 0. The quantitative estimate of drug-likeness (QED) is 0.259. The highest BCUT2D eigenvalue weighted by Crippen LogP contribution is 2.36. The highest BCUT2D eigenvalue weighted by molar-refractivity contribution is 7.19. The first-order chi connectivity index (χ1) is 14.6. The number of aryl methyl sites for hydroxylation is 1. The van der Waals surface area contributed by atoms with E-state index in [1.807, 2.05) is 17.4 Å². The van der Waals surface area contributed by atoms with Crippen LogP contribution in [-0.2, 0) is 25.8 Å². The molecule has 0 N–H and O–H groups in total.